The second kappa shape index (κ2) is 14.2. The Hall–Kier alpha value is -2.89. The summed E-state index contributed by atoms with van der Waals surface area (Å²) in [4.78, 5) is 4.85. The summed E-state index contributed by atoms with van der Waals surface area (Å²) in [6, 6.07) is 12.7. The number of hydrogen-bond donors (Lipinski definition) is 2. The number of rotatable bonds is 12. The van der Waals surface area contributed by atoms with Gasteiger partial charge in [0.1, 0.15) is 11.6 Å². The Morgan fingerprint density at radius 2 is 1.74 bits per heavy atom. The largest absolute Gasteiger partial charge is 0.382 e. The van der Waals surface area contributed by atoms with Crippen molar-refractivity contribution in [3.05, 3.63) is 59.5 Å². The van der Waals surface area contributed by atoms with Crippen LogP contribution in [0.25, 0.3) is 0 Å². The molecule has 7 nitrogen and oxygen atoms in total. The van der Waals surface area contributed by atoms with Gasteiger partial charge in [-0.1, -0.05) is 18.7 Å². The summed E-state index contributed by atoms with van der Waals surface area (Å²) in [5, 5.41) is 14.9. The fourth-order valence-corrected chi connectivity index (χ4v) is 3.37. The molecular weight excluding hydrogens is 412 g/mol. The van der Waals surface area contributed by atoms with E-state index in [4.69, 9.17) is 10.00 Å². The smallest absolute Gasteiger partial charge is 0.199 e. The van der Waals surface area contributed by atoms with Crippen molar-refractivity contribution in [2.75, 3.05) is 36.9 Å². The molecule has 8 heteroatoms. The zero-order valence-electron chi connectivity index (χ0n) is 18.5. The van der Waals surface area contributed by atoms with Crippen LogP contribution in [0.4, 0.5) is 11.6 Å². The molecule has 0 fully saturated rings. The third kappa shape index (κ3) is 10.1. The standard InChI is InChI=1S/C21H29N3O3S.C2H3N/c1-4-27-14-6-12-22-20-15-17(3)16-21(24-20)23-13-11-18-7-9-19(10-8-18)28(25,26)5-2;1-2-3/h5,7-10,15-16H,2,4,6,11-14H2,1,3H3,(H2,22,23,24);1H3. The molecule has 1 aromatic heterocycles. The van der Waals surface area contributed by atoms with Crippen LogP contribution in [-0.4, -0.2) is 39.7 Å². The molecule has 2 aromatic rings. The Morgan fingerprint density at radius 1 is 1.16 bits per heavy atom. The molecule has 0 saturated heterocycles. The number of nitrogens with one attached hydrogen (secondary N) is 2. The zero-order valence-corrected chi connectivity index (χ0v) is 19.3. The van der Waals surface area contributed by atoms with Crippen molar-refractivity contribution in [2.24, 2.45) is 0 Å². The number of anilines is 2. The summed E-state index contributed by atoms with van der Waals surface area (Å²) >= 11 is 0. The van der Waals surface area contributed by atoms with Crippen LogP contribution in [0.3, 0.4) is 0 Å². The topological polar surface area (TPSA) is 104 Å². The maximum Gasteiger partial charge on any atom is 0.199 e. The molecule has 0 aliphatic carbocycles. The minimum absolute atomic E-state index is 0.264. The van der Waals surface area contributed by atoms with Crippen LogP contribution in [0.5, 0.6) is 0 Å². The van der Waals surface area contributed by atoms with E-state index in [1.54, 1.807) is 18.2 Å². The predicted molar refractivity (Wildman–Crippen MR) is 126 cm³/mol. The van der Waals surface area contributed by atoms with Crippen LogP contribution < -0.4 is 10.6 Å². The van der Waals surface area contributed by atoms with Crippen molar-refractivity contribution in [1.29, 1.82) is 5.26 Å². The lowest BCUT2D eigenvalue weighted by molar-refractivity contribution is 0.147. The number of benzene rings is 1. The number of nitrogens with zero attached hydrogens (tertiary/aromatic N) is 2. The molecule has 0 aliphatic heterocycles. The molecule has 0 atom stereocenters. The van der Waals surface area contributed by atoms with Gasteiger partial charge >= 0.3 is 0 Å². The molecule has 2 rings (SSSR count). The summed E-state index contributed by atoms with van der Waals surface area (Å²) < 4.78 is 28.8. The first-order chi connectivity index (χ1) is 14.9. The first-order valence-corrected chi connectivity index (χ1v) is 11.7. The molecule has 168 valence electrons. The van der Waals surface area contributed by atoms with E-state index in [-0.39, 0.29) is 4.90 Å². The highest BCUT2D eigenvalue weighted by Gasteiger charge is 2.08. The van der Waals surface area contributed by atoms with Crippen molar-refractivity contribution < 1.29 is 13.2 Å². The quantitative estimate of drug-likeness (QED) is 0.470. The van der Waals surface area contributed by atoms with Gasteiger partial charge in [0, 0.05) is 38.6 Å². The fourth-order valence-electron chi connectivity index (χ4n) is 2.66. The summed E-state index contributed by atoms with van der Waals surface area (Å²) in [7, 11) is -3.38. The lowest BCUT2D eigenvalue weighted by Gasteiger charge is -2.11. The fraction of sp³-hybridized carbons (Fsp3) is 0.391. The Morgan fingerprint density at radius 3 is 2.29 bits per heavy atom. The van der Waals surface area contributed by atoms with Crippen molar-refractivity contribution >= 4 is 21.5 Å². The van der Waals surface area contributed by atoms with Gasteiger partial charge < -0.3 is 15.4 Å². The molecule has 2 N–H and O–H groups in total. The van der Waals surface area contributed by atoms with Crippen molar-refractivity contribution in [3.8, 4) is 6.07 Å². The molecule has 0 radical (unpaired) electrons. The van der Waals surface area contributed by atoms with E-state index in [9.17, 15) is 8.42 Å². The van der Waals surface area contributed by atoms with Crippen LogP contribution >= 0.6 is 0 Å². The van der Waals surface area contributed by atoms with Crippen molar-refractivity contribution in [1.82, 2.24) is 4.98 Å². The van der Waals surface area contributed by atoms with Crippen molar-refractivity contribution in [3.63, 3.8) is 0 Å². The van der Waals surface area contributed by atoms with Gasteiger partial charge in [-0.05, 0) is 62.1 Å². The number of aryl methyl sites for hydroxylation is 1. The molecule has 0 unspecified atom stereocenters. The Balaban J connectivity index is 0.00000151. The molecular formula is C23H32N4O3S. The molecule has 0 saturated carbocycles. The van der Waals surface area contributed by atoms with Gasteiger partial charge in [0.25, 0.3) is 0 Å². The molecule has 0 aliphatic rings. The number of nitriles is 1. The maximum absolute atomic E-state index is 11.8. The van der Waals surface area contributed by atoms with Gasteiger partial charge in [-0.25, -0.2) is 13.4 Å². The van der Waals surface area contributed by atoms with Crippen LogP contribution in [-0.2, 0) is 21.0 Å². The van der Waals surface area contributed by atoms with E-state index in [1.807, 2.05) is 38.1 Å². The van der Waals surface area contributed by atoms with E-state index >= 15 is 0 Å². The van der Waals surface area contributed by atoms with Gasteiger partial charge in [-0.3, -0.25) is 0 Å². The van der Waals surface area contributed by atoms with Gasteiger partial charge in [0.05, 0.1) is 11.0 Å². The second-order valence-electron chi connectivity index (χ2n) is 6.65. The minimum atomic E-state index is -3.38. The highest BCUT2D eigenvalue weighted by molar-refractivity contribution is 7.94. The van der Waals surface area contributed by atoms with Crippen molar-refractivity contribution in [2.45, 2.75) is 38.5 Å². The highest BCUT2D eigenvalue weighted by atomic mass is 32.2. The van der Waals surface area contributed by atoms with Crippen LogP contribution in [0.15, 0.2) is 53.3 Å². The summed E-state index contributed by atoms with van der Waals surface area (Å²) in [5.41, 5.74) is 2.18. The van der Waals surface area contributed by atoms with E-state index in [2.05, 4.69) is 22.2 Å². The highest BCUT2D eigenvalue weighted by Crippen LogP contribution is 2.15. The second-order valence-corrected chi connectivity index (χ2v) is 8.54. The molecule has 31 heavy (non-hydrogen) atoms. The molecule has 1 heterocycles. The van der Waals surface area contributed by atoms with Crippen LogP contribution in [0.2, 0.25) is 0 Å². The van der Waals surface area contributed by atoms with Crippen LogP contribution in [0.1, 0.15) is 31.4 Å². The Labute approximate surface area is 186 Å². The summed E-state index contributed by atoms with van der Waals surface area (Å²) in [5.74, 6) is 1.66. The molecule has 0 bridgehead atoms. The third-order valence-corrected chi connectivity index (χ3v) is 5.50. The zero-order chi connectivity index (χ0) is 23.1. The number of ether oxygens (including phenoxy) is 1. The number of sulfone groups is 1. The normalized spacial score (nSPS) is 10.4. The maximum atomic E-state index is 11.8. The van der Waals surface area contributed by atoms with Gasteiger partial charge in [0.2, 0.25) is 0 Å². The van der Waals surface area contributed by atoms with E-state index < -0.39 is 9.84 Å². The van der Waals surface area contributed by atoms with E-state index in [0.717, 1.165) is 60.8 Å². The monoisotopic (exact) mass is 444 g/mol. The lowest BCUT2D eigenvalue weighted by Crippen LogP contribution is -2.10. The third-order valence-electron chi connectivity index (χ3n) is 4.14. The Bertz CT molecular complexity index is 952. The first kappa shape index (κ1) is 26.1. The first-order valence-electron chi connectivity index (χ1n) is 10.2. The van der Waals surface area contributed by atoms with E-state index in [1.165, 1.54) is 6.92 Å². The number of aromatic nitrogens is 1. The minimum Gasteiger partial charge on any atom is -0.382 e. The molecule has 0 amide bonds. The summed E-state index contributed by atoms with van der Waals surface area (Å²) in [6.45, 7) is 11.8. The Kier molecular flexibility index (Phi) is 12.0. The average Bonchev–Trinajstić information content (AvgIpc) is 2.74. The number of pyridine rings is 1. The average molecular weight is 445 g/mol. The SMILES string of the molecule is C=CS(=O)(=O)c1ccc(CCNc2cc(C)cc(NCCCOCC)n2)cc1.CC#N. The van der Waals surface area contributed by atoms with Gasteiger partial charge in [-0.15, -0.1) is 0 Å². The van der Waals surface area contributed by atoms with Gasteiger partial charge in [-0.2, -0.15) is 5.26 Å². The van der Waals surface area contributed by atoms with Gasteiger partial charge in [0.15, 0.2) is 9.84 Å². The lowest BCUT2D eigenvalue weighted by atomic mass is 10.1. The van der Waals surface area contributed by atoms with E-state index in [0.29, 0.717) is 6.54 Å². The molecule has 0 spiro atoms. The molecule has 1 aromatic carbocycles. The van der Waals surface area contributed by atoms with Crippen LogP contribution in [0, 0.1) is 18.3 Å². The predicted octanol–water partition coefficient (Wildman–Crippen LogP) is 4.33. The number of hydrogen-bond acceptors (Lipinski definition) is 7. The summed E-state index contributed by atoms with van der Waals surface area (Å²) in [6.07, 6.45) is 1.70.